The maximum atomic E-state index is 5.99. The molecule has 0 amide bonds. The van der Waals surface area contributed by atoms with Crippen LogP contribution in [0.3, 0.4) is 0 Å². The zero-order valence-corrected chi connectivity index (χ0v) is 13.3. The fraction of sp³-hybridized carbons (Fsp3) is 0.625. The van der Waals surface area contributed by atoms with Crippen LogP contribution in [0.1, 0.15) is 18.9 Å². The number of rotatable bonds is 11. The predicted octanol–water partition coefficient (Wildman–Crippen LogP) is 2.02. The van der Waals surface area contributed by atoms with E-state index in [4.69, 9.17) is 24.7 Å². The Bertz CT molecular complexity index is 398. The molecule has 1 unspecified atom stereocenters. The Kier molecular flexibility index (Phi) is 8.82. The SMILES string of the molecule is CCC(N)Cc1ccc(OC)c(OCCOCCOC)c1. The molecule has 1 atom stereocenters. The van der Waals surface area contributed by atoms with E-state index in [1.807, 2.05) is 18.2 Å². The maximum absolute atomic E-state index is 5.99. The summed E-state index contributed by atoms with van der Waals surface area (Å²) in [6.07, 6.45) is 1.79. The van der Waals surface area contributed by atoms with Gasteiger partial charge in [0.25, 0.3) is 0 Å². The summed E-state index contributed by atoms with van der Waals surface area (Å²) >= 11 is 0. The highest BCUT2D eigenvalue weighted by molar-refractivity contribution is 5.43. The van der Waals surface area contributed by atoms with E-state index < -0.39 is 0 Å². The van der Waals surface area contributed by atoms with Crippen LogP contribution in [0.15, 0.2) is 18.2 Å². The van der Waals surface area contributed by atoms with Crippen LogP contribution in [0.4, 0.5) is 0 Å². The first-order valence-electron chi connectivity index (χ1n) is 7.33. The molecule has 120 valence electrons. The molecule has 0 radical (unpaired) electrons. The predicted molar refractivity (Wildman–Crippen MR) is 83.2 cm³/mol. The van der Waals surface area contributed by atoms with Gasteiger partial charge >= 0.3 is 0 Å². The highest BCUT2D eigenvalue weighted by atomic mass is 16.5. The lowest BCUT2D eigenvalue weighted by molar-refractivity contribution is 0.0540. The zero-order valence-electron chi connectivity index (χ0n) is 13.3. The van der Waals surface area contributed by atoms with Gasteiger partial charge in [-0.2, -0.15) is 0 Å². The Labute approximate surface area is 127 Å². The van der Waals surface area contributed by atoms with Crippen LogP contribution in [-0.4, -0.2) is 46.7 Å². The molecule has 0 saturated carbocycles. The van der Waals surface area contributed by atoms with Crippen molar-refractivity contribution in [3.8, 4) is 11.5 Å². The van der Waals surface area contributed by atoms with Gasteiger partial charge in [0.05, 0.1) is 26.9 Å². The minimum absolute atomic E-state index is 0.170. The molecule has 21 heavy (non-hydrogen) atoms. The van der Waals surface area contributed by atoms with E-state index in [2.05, 4.69) is 6.92 Å². The summed E-state index contributed by atoms with van der Waals surface area (Å²) < 4.78 is 21.3. The quantitative estimate of drug-likeness (QED) is 0.633. The van der Waals surface area contributed by atoms with E-state index >= 15 is 0 Å². The molecule has 0 bridgehead atoms. The molecule has 1 rings (SSSR count). The Morgan fingerprint density at radius 2 is 1.81 bits per heavy atom. The minimum Gasteiger partial charge on any atom is -0.493 e. The van der Waals surface area contributed by atoms with E-state index in [0.29, 0.717) is 26.4 Å². The third-order valence-corrected chi connectivity index (χ3v) is 3.17. The van der Waals surface area contributed by atoms with E-state index in [1.165, 1.54) is 0 Å². The summed E-state index contributed by atoms with van der Waals surface area (Å²) in [6.45, 7) is 4.24. The first-order valence-corrected chi connectivity index (χ1v) is 7.33. The molecular weight excluding hydrogens is 270 g/mol. The third-order valence-electron chi connectivity index (χ3n) is 3.17. The lowest BCUT2D eigenvalue weighted by Gasteiger charge is -2.14. The molecule has 2 N–H and O–H groups in total. The van der Waals surface area contributed by atoms with Crippen molar-refractivity contribution in [3.63, 3.8) is 0 Å². The molecule has 0 aliphatic rings. The van der Waals surface area contributed by atoms with Crippen molar-refractivity contribution in [2.24, 2.45) is 5.73 Å². The Morgan fingerprint density at radius 3 is 2.48 bits per heavy atom. The van der Waals surface area contributed by atoms with Crippen LogP contribution >= 0.6 is 0 Å². The molecular formula is C16H27NO4. The molecule has 0 aliphatic carbocycles. The number of hydrogen-bond acceptors (Lipinski definition) is 5. The van der Waals surface area contributed by atoms with Gasteiger partial charge in [0.1, 0.15) is 6.61 Å². The lowest BCUT2D eigenvalue weighted by Crippen LogP contribution is -2.21. The first kappa shape index (κ1) is 17.8. The summed E-state index contributed by atoms with van der Waals surface area (Å²) in [5, 5.41) is 0. The standard InChI is InChI=1S/C16H27NO4/c1-4-14(17)11-13-5-6-15(19-3)16(12-13)21-10-9-20-8-7-18-2/h5-6,12,14H,4,7-11,17H2,1-3H3. The fourth-order valence-electron chi connectivity index (χ4n) is 1.86. The van der Waals surface area contributed by atoms with Gasteiger partial charge in [-0.25, -0.2) is 0 Å². The number of methoxy groups -OCH3 is 2. The molecule has 1 aromatic rings. The third kappa shape index (κ3) is 6.80. The van der Waals surface area contributed by atoms with E-state index in [9.17, 15) is 0 Å². The molecule has 0 fully saturated rings. The van der Waals surface area contributed by atoms with Gasteiger partial charge in [0.15, 0.2) is 11.5 Å². The van der Waals surface area contributed by atoms with Gasteiger partial charge in [-0.1, -0.05) is 13.0 Å². The summed E-state index contributed by atoms with van der Waals surface area (Å²) in [6, 6.07) is 6.10. The maximum Gasteiger partial charge on any atom is 0.161 e. The normalized spacial score (nSPS) is 12.2. The van der Waals surface area contributed by atoms with E-state index in [1.54, 1.807) is 14.2 Å². The highest BCUT2D eigenvalue weighted by Crippen LogP contribution is 2.28. The van der Waals surface area contributed by atoms with Crippen molar-refractivity contribution in [1.29, 1.82) is 0 Å². The van der Waals surface area contributed by atoms with Crippen LogP contribution in [0, 0.1) is 0 Å². The van der Waals surface area contributed by atoms with Crippen molar-refractivity contribution >= 4 is 0 Å². The topological polar surface area (TPSA) is 62.9 Å². The van der Waals surface area contributed by atoms with Gasteiger partial charge in [-0.15, -0.1) is 0 Å². The molecule has 0 saturated heterocycles. The number of ether oxygens (including phenoxy) is 4. The second-order valence-electron chi connectivity index (χ2n) is 4.81. The largest absolute Gasteiger partial charge is 0.493 e. The number of benzene rings is 1. The fourth-order valence-corrected chi connectivity index (χ4v) is 1.86. The monoisotopic (exact) mass is 297 g/mol. The Morgan fingerprint density at radius 1 is 1.05 bits per heavy atom. The van der Waals surface area contributed by atoms with Gasteiger partial charge in [-0.3, -0.25) is 0 Å². The van der Waals surface area contributed by atoms with Crippen LogP contribution in [0.2, 0.25) is 0 Å². The van der Waals surface area contributed by atoms with E-state index in [-0.39, 0.29) is 6.04 Å². The lowest BCUT2D eigenvalue weighted by atomic mass is 10.0. The second kappa shape index (κ2) is 10.4. The summed E-state index contributed by atoms with van der Waals surface area (Å²) in [7, 11) is 3.28. The summed E-state index contributed by atoms with van der Waals surface area (Å²) in [4.78, 5) is 0. The van der Waals surface area contributed by atoms with Crippen LogP contribution in [-0.2, 0) is 15.9 Å². The zero-order chi connectivity index (χ0) is 15.5. The van der Waals surface area contributed by atoms with Crippen LogP contribution < -0.4 is 15.2 Å². The van der Waals surface area contributed by atoms with Crippen molar-refractivity contribution < 1.29 is 18.9 Å². The van der Waals surface area contributed by atoms with Crippen molar-refractivity contribution in [2.75, 3.05) is 40.6 Å². The second-order valence-corrected chi connectivity index (χ2v) is 4.81. The minimum atomic E-state index is 0.170. The molecule has 0 aliphatic heterocycles. The summed E-state index contributed by atoms with van der Waals surface area (Å²) in [5.41, 5.74) is 7.14. The Hall–Kier alpha value is -1.30. The molecule has 5 nitrogen and oxygen atoms in total. The number of hydrogen-bond donors (Lipinski definition) is 1. The molecule has 0 heterocycles. The highest BCUT2D eigenvalue weighted by Gasteiger charge is 2.08. The van der Waals surface area contributed by atoms with Crippen LogP contribution in [0.5, 0.6) is 11.5 Å². The van der Waals surface area contributed by atoms with Gasteiger partial charge in [0, 0.05) is 13.2 Å². The van der Waals surface area contributed by atoms with Crippen LogP contribution in [0.25, 0.3) is 0 Å². The Balaban J connectivity index is 2.51. The average Bonchev–Trinajstić information content (AvgIpc) is 2.51. The van der Waals surface area contributed by atoms with Gasteiger partial charge in [0.2, 0.25) is 0 Å². The van der Waals surface area contributed by atoms with Crippen molar-refractivity contribution in [3.05, 3.63) is 23.8 Å². The summed E-state index contributed by atoms with van der Waals surface area (Å²) in [5.74, 6) is 1.45. The van der Waals surface area contributed by atoms with E-state index in [0.717, 1.165) is 29.9 Å². The van der Waals surface area contributed by atoms with Crippen molar-refractivity contribution in [1.82, 2.24) is 0 Å². The first-order chi connectivity index (χ1) is 10.2. The molecule has 1 aromatic carbocycles. The molecule has 0 aromatic heterocycles. The molecule has 5 heteroatoms. The number of nitrogens with two attached hydrogens (primary N) is 1. The van der Waals surface area contributed by atoms with Gasteiger partial charge in [-0.05, 0) is 30.5 Å². The van der Waals surface area contributed by atoms with Crippen molar-refractivity contribution in [2.45, 2.75) is 25.8 Å². The van der Waals surface area contributed by atoms with Gasteiger partial charge < -0.3 is 24.7 Å². The smallest absolute Gasteiger partial charge is 0.161 e. The average molecular weight is 297 g/mol. The molecule has 0 spiro atoms.